The summed E-state index contributed by atoms with van der Waals surface area (Å²) in [4.78, 5) is 0. The van der Waals surface area contributed by atoms with Crippen LogP contribution in [0.2, 0.25) is 0 Å². The fourth-order valence-electron chi connectivity index (χ4n) is 2.47. The van der Waals surface area contributed by atoms with E-state index in [0.29, 0.717) is 5.88 Å². The first-order valence-electron chi connectivity index (χ1n) is 6.69. The molecule has 100 valence electrons. The SMILES string of the molecule is C[N+](CCCl)(Cc1ccccc1)Cc1ccccc1. The fraction of sp³-hybridized carbons (Fsp3) is 0.294. The molecule has 0 aliphatic heterocycles. The quantitative estimate of drug-likeness (QED) is 0.550. The summed E-state index contributed by atoms with van der Waals surface area (Å²) in [6, 6.07) is 21.3. The zero-order chi connectivity index (χ0) is 13.6. The molecule has 0 aliphatic carbocycles. The predicted octanol–water partition coefficient (Wildman–Crippen LogP) is 4.07. The van der Waals surface area contributed by atoms with Crippen molar-refractivity contribution in [3.05, 3.63) is 71.8 Å². The van der Waals surface area contributed by atoms with Crippen LogP contribution in [0.15, 0.2) is 60.7 Å². The number of quaternary nitrogens is 1. The smallest absolute Gasteiger partial charge is 0.104 e. The van der Waals surface area contributed by atoms with E-state index in [2.05, 4.69) is 67.7 Å². The summed E-state index contributed by atoms with van der Waals surface area (Å²) in [7, 11) is 2.28. The number of hydrogen-bond acceptors (Lipinski definition) is 0. The van der Waals surface area contributed by atoms with E-state index in [4.69, 9.17) is 11.6 Å². The highest BCUT2D eigenvalue weighted by molar-refractivity contribution is 6.17. The van der Waals surface area contributed by atoms with Gasteiger partial charge in [0.2, 0.25) is 0 Å². The Morgan fingerprint density at radius 2 is 1.21 bits per heavy atom. The van der Waals surface area contributed by atoms with Gasteiger partial charge in [0.25, 0.3) is 0 Å². The Morgan fingerprint density at radius 3 is 1.58 bits per heavy atom. The highest BCUT2D eigenvalue weighted by Gasteiger charge is 2.21. The molecule has 0 saturated heterocycles. The van der Waals surface area contributed by atoms with E-state index in [9.17, 15) is 0 Å². The molecule has 2 aromatic carbocycles. The molecule has 1 nitrogen and oxygen atoms in total. The van der Waals surface area contributed by atoms with Crippen molar-refractivity contribution in [1.29, 1.82) is 0 Å². The van der Waals surface area contributed by atoms with E-state index in [-0.39, 0.29) is 0 Å². The normalized spacial score (nSPS) is 11.5. The van der Waals surface area contributed by atoms with Crippen molar-refractivity contribution in [2.75, 3.05) is 19.5 Å². The molecule has 0 N–H and O–H groups in total. The van der Waals surface area contributed by atoms with E-state index in [1.165, 1.54) is 11.1 Å². The van der Waals surface area contributed by atoms with Crippen LogP contribution in [0.3, 0.4) is 0 Å². The molecule has 0 atom stereocenters. The first-order chi connectivity index (χ1) is 9.22. The molecule has 0 unspecified atom stereocenters. The minimum absolute atomic E-state index is 0.691. The number of benzene rings is 2. The zero-order valence-electron chi connectivity index (χ0n) is 11.4. The van der Waals surface area contributed by atoms with Gasteiger partial charge in [0.05, 0.1) is 19.5 Å². The maximum atomic E-state index is 6.00. The Morgan fingerprint density at radius 1 is 0.789 bits per heavy atom. The molecule has 0 aromatic heterocycles. The molecule has 0 spiro atoms. The monoisotopic (exact) mass is 274 g/mol. The molecule has 0 saturated carbocycles. The largest absolute Gasteiger partial charge is 0.318 e. The van der Waals surface area contributed by atoms with Crippen LogP contribution in [0.5, 0.6) is 0 Å². The highest BCUT2D eigenvalue weighted by Crippen LogP contribution is 2.17. The first kappa shape index (κ1) is 14.1. The van der Waals surface area contributed by atoms with Gasteiger partial charge in [-0.05, 0) is 0 Å². The Bertz CT molecular complexity index is 440. The molecule has 19 heavy (non-hydrogen) atoms. The van der Waals surface area contributed by atoms with Crippen molar-refractivity contribution < 1.29 is 4.48 Å². The number of hydrogen-bond donors (Lipinski definition) is 0. The average Bonchev–Trinajstić information content (AvgIpc) is 2.41. The maximum absolute atomic E-state index is 6.00. The molecule has 0 aliphatic rings. The van der Waals surface area contributed by atoms with Crippen LogP contribution in [0, 0.1) is 0 Å². The van der Waals surface area contributed by atoms with Gasteiger partial charge in [-0.25, -0.2) is 0 Å². The molecule has 0 heterocycles. The molecule has 0 fully saturated rings. The van der Waals surface area contributed by atoms with Gasteiger partial charge in [-0.2, -0.15) is 0 Å². The Kier molecular flexibility index (Phi) is 5.00. The summed E-state index contributed by atoms with van der Waals surface area (Å²) >= 11 is 6.00. The lowest BCUT2D eigenvalue weighted by molar-refractivity contribution is -0.933. The molecule has 0 radical (unpaired) electrons. The summed E-state index contributed by atoms with van der Waals surface area (Å²) in [5.74, 6) is 0.691. The number of rotatable bonds is 6. The van der Waals surface area contributed by atoms with Crippen molar-refractivity contribution >= 4 is 11.6 Å². The van der Waals surface area contributed by atoms with E-state index < -0.39 is 0 Å². The summed E-state index contributed by atoms with van der Waals surface area (Å²) in [6.45, 7) is 3.01. The van der Waals surface area contributed by atoms with Gasteiger partial charge >= 0.3 is 0 Å². The number of halogens is 1. The van der Waals surface area contributed by atoms with Crippen molar-refractivity contribution in [2.24, 2.45) is 0 Å². The standard InChI is InChI=1S/C17H21ClN/c1-19(13-12-18,14-16-8-4-2-5-9-16)15-17-10-6-3-7-11-17/h2-11H,12-15H2,1H3/q+1. The minimum atomic E-state index is 0.691. The molecular weight excluding hydrogens is 254 g/mol. The van der Waals surface area contributed by atoms with Crippen LogP contribution in [0.4, 0.5) is 0 Å². The molecular formula is C17H21ClN+. The molecule has 2 aromatic rings. The highest BCUT2D eigenvalue weighted by atomic mass is 35.5. The Balaban J connectivity index is 2.13. The Hall–Kier alpha value is -1.31. The van der Waals surface area contributed by atoms with Crippen molar-refractivity contribution in [3.63, 3.8) is 0 Å². The molecule has 0 bridgehead atoms. The molecule has 2 rings (SSSR count). The van der Waals surface area contributed by atoms with Gasteiger partial charge in [-0.3, -0.25) is 0 Å². The van der Waals surface area contributed by atoms with Crippen molar-refractivity contribution in [2.45, 2.75) is 13.1 Å². The third kappa shape index (κ3) is 4.38. The second-order valence-corrected chi connectivity index (χ2v) is 5.70. The third-order valence-corrected chi connectivity index (χ3v) is 3.61. The topological polar surface area (TPSA) is 0 Å². The lowest BCUT2D eigenvalue weighted by Crippen LogP contribution is -2.43. The molecule has 0 amide bonds. The first-order valence-corrected chi connectivity index (χ1v) is 7.23. The van der Waals surface area contributed by atoms with Gasteiger partial charge in [-0.1, -0.05) is 60.7 Å². The van der Waals surface area contributed by atoms with E-state index >= 15 is 0 Å². The fourth-order valence-corrected chi connectivity index (χ4v) is 2.87. The second-order valence-electron chi connectivity index (χ2n) is 5.32. The summed E-state index contributed by atoms with van der Waals surface area (Å²) in [5.41, 5.74) is 2.73. The zero-order valence-corrected chi connectivity index (χ0v) is 12.2. The van der Waals surface area contributed by atoms with Crippen LogP contribution in [-0.4, -0.2) is 24.0 Å². The number of nitrogens with zero attached hydrogens (tertiary/aromatic N) is 1. The van der Waals surface area contributed by atoms with Gasteiger partial charge in [0.1, 0.15) is 13.1 Å². The van der Waals surface area contributed by atoms with Crippen LogP contribution >= 0.6 is 11.6 Å². The van der Waals surface area contributed by atoms with Gasteiger partial charge in [-0.15, -0.1) is 11.6 Å². The van der Waals surface area contributed by atoms with Crippen molar-refractivity contribution in [3.8, 4) is 0 Å². The predicted molar refractivity (Wildman–Crippen MR) is 82.1 cm³/mol. The summed E-state index contributed by atoms with van der Waals surface area (Å²) in [5, 5.41) is 0. The van der Waals surface area contributed by atoms with Gasteiger partial charge in [0.15, 0.2) is 0 Å². The third-order valence-electron chi connectivity index (χ3n) is 3.44. The van der Waals surface area contributed by atoms with Crippen LogP contribution in [-0.2, 0) is 13.1 Å². The van der Waals surface area contributed by atoms with Crippen molar-refractivity contribution in [1.82, 2.24) is 0 Å². The number of alkyl halides is 1. The van der Waals surface area contributed by atoms with Crippen LogP contribution < -0.4 is 0 Å². The maximum Gasteiger partial charge on any atom is 0.104 e. The Labute approximate surface area is 121 Å². The van der Waals surface area contributed by atoms with E-state index in [1.807, 2.05) is 0 Å². The van der Waals surface area contributed by atoms with Gasteiger partial charge < -0.3 is 4.48 Å². The average molecular weight is 275 g/mol. The van der Waals surface area contributed by atoms with E-state index in [0.717, 1.165) is 24.1 Å². The lowest BCUT2D eigenvalue weighted by Gasteiger charge is -2.34. The lowest BCUT2D eigenvalue weighted by atomic mass is 10.1. The summed E-state index contributed by atoms with van der Waals surface area (Å²) in [6.07, 6.45) is 0. The molecule has 2 heteroatoms. The van der Waals surface area contributed by atoms with Crippen LogP contribution in [0.25, 0.3) is 0 Å². The minimum Gasteiger partial charge on any atom is -0.318 e. The van der Waals surface area contributed by atoms with E-state index in [1.54, 1.807) is 0 Å². The summed E-state index contributed by atoms with van der Waals surface area (Å²) < 4.78 is 0.942. The van der Waals surface area contributed by atoms with Crippen LogP contribution in [0.1, 0.15) is 11.1 Å². The van der Waals surface area contributed by atoms with Gasteiger partial charge in [0, 0.05) is 11.1 Å². The second kappa shape index (κ2) is 6.74.